The molecule has 134 valence electrons. The SMILES string of the molecule is CN(C)S(=O)(=O)c1cc(C(=O)N2CCCc3cccc(F)c32)n(C)c1. The van der Waals surface area contributed by atoms with E-state index in [1.54, 1.807) is 13.1 Å². The lowest BCUT2D eigenvalue weighted by Gasteiger charge is -2.29. The molecule has 0 saturated carbocycles. The van der Waals surface area contributed by atoms with Crippen LogP contribution in [0.1, 0.15) is 22.5 Å². The summed E-state index contributed by atoms with van der Waals surface area (Å²) in [5.41, 5.74) is 1.28. The van der Waals surface area contributed by atoms with E-state index in [0.717, 1.165) is 16.3 Å². The van der Waals surface area contributed by atoms with Gasteiger partial charge in [0.25, 0.3) is 5.91 Å². The third-order valence-electron chi connectivity index (χ3n) is 4.39. The van der Waals surface area contributed by atoms with Crippen molar-refractivity contribution in [1.82, 2.24) is 8.87 Å². The van der Waals surface area contributed by atoms with Crippen molar-refractivity contribution in [3.8, 4) is 0 Å². The van der Waals surface area contributed by atoms with Crippen LogP contribution in [0, 0.1) is 5.82 Å². The van der Waals surface area contributed by atoms with Crippen molar-refractivity contribution in [3.05, 3.63) is 47.5 Å². The minimum absolute atomic E-state index is 0.0362. The van der Waals surface area contributed by atoms with Gasteiger partial charge in [-0.1, -0.05) is 12.1 Å². The quantitative estimate of drug-likeness (QED) is 0.836. The van der Waals surface area contributed by atoms with Gasteiger partial charge in [0.1, 0.15) is 16.4 Å². The third kappa shape index (κ3) is 2.96. The zero-order valence-electron chi connectivity index (χ0n) is 14.4. The Kier molecular flexibility index (Phi) is 4.42. The number of aromatic nitrogens is 1. The molecule has 1 aliphatic rings. The van der Waals surface area contributed by atoms with E-state index < -0.39 is 21.7 Å². The van der Waals surface area contributed by atoms with Gasteiger partial charge >= 0.3 is 0 Å². The summed E-state index contributed by atoms with van der Waals surface area (Å²) in [6.45, 7) is 0.397. The summed E-state index contributed by atoms with van der Waals surface area (Å²) in [6.07, 6.45) is 2.84. The standard InChI is InChI=1S/C17H20FN3O3S/c1-19(2)25(23,24)13-10-15(20(3)11-13)17(22)21-9-5-7-12-6-4-8-14(18)16(12)21/h4,6,8,10-11H,5,7,9H2,1-3H3. The second-order valence-electron chi connectivity index (χ2n) is 6.27. The highest BCUT2D eigenvalue weighted by Gasteiger charge is 2.29. The highest BCUT2D eigenvalue weighted by Crippen LogP contribution is 2.31. The molecule has 8 heteroatoms. The number of amides is 1. The van der Waals surface area contributed by atoms with Crippen molar-refractivity contribution in [1.29, 1.82) is 0 Å². The molecular formula is C17H20FN3O3S. The Morgan fingerprint density at radius 3 is 2.68 bits per heavy atom. The van der Waals surface area contributed by atoms with Crippen molar-refractivity contribution >= 4 is 21.6 Å². The molecule has 6 nitrogen and oxygen atoms in total. The summed E-state index contributed by atoms with van der Waals surface area (Å²) in [6, 6.07) is 6.11. The molecule has 1 aromatic carbocycles. The zero-order valence-corrected chi connectivity index (χ0v) is 15.2. The second kappa shape index (κ2) is 6.27. The molecule has 1 aromatic heterocycles. The molecule has 1 aliphatic heterocycles. The second-order valence-corrected chi connectivity index (χ2v) is 8.42. The minimum Gasteiger partial charge on any atom is -0.345 e. The van der Waals surface area contributed by atoms with Gasteiger partial charge < -0.3 is 9.47 Å². The van der Waals surface area contributed by atoms with E-state index in [4.69, 9.17) is 0 Å². The first-order valence-corrected chi connectivity index (χ1v) is 9.35. The number of para-hydroxylation sites is 1. The monoisotopic (exact) mass is 365 g/mol. The molecule has 0 atom stereocenters. The topological polar surface area (TPSA) is 62.6 Å². The number of carbonyl (C=O) groups excluding carboxylic acids is 1. The Balaban J connectivity index is 2.03. The zero-order chi connectivity index (χ0) is 18.4. The van der Waals surface area contributed by atoms with Gasteiger partial charge in [0.15, 0.2) is 0 Å². The number of aryl methyl sites for hydroxylation is 2. The van der Waals surface area contributed by atoms with E-state index in [0.29, 0.717) is 13.0 Å². The Morgan fingerprint density at radius 2 is 2.00 bits per heavy atom. The van der Waals surface area contributed by atoms with Crippen LogP contribution in [0.5, 0.6) is 0 Å². The number of hydrogen-bond donors (Lipinski definition) is 0. The van der Waals surface area contributed by atoms with E-state index in [2.05, 4.69) is 0 Å². The minimum atomic E-state index is -3.64. The lowest BCUT2D eigenvalue weighted by atomic mass is 10.0. The van der Waals surface area contributed by atoms with E-state index in [1.165, 1.54) is 41.9 Å². The molecule has 2 aromatic rings. The molecule has 0 spiro atoms. The number of sulfonamides is 1. The maximum atomic E-state index is 14.3. The van der Waals surface area contributed by atoms with Crippen molar-refractivity contribution in [2.75, 3.05) is 25.5 Å². The molecule has 0 unspecified atom stereocenters. The first kappa shape index (κ1) is 17.6. The normalized spacial score (nSPS) is 14.7. The van der Waals surface area contributed by atoms with Crippen LogP contribution in [-0.4, -0.2) is 43.8 Å². The average Bonchev–Trinajstić information content (AvgIpc) is 2.96. The summed E-state index contributed by atoms with van der Waals surface area (Å²) >= 11 is 0. The molecule has 3 rings (SSSR count). The molecule has 0 bridgehead atoms. The molecule has 0 aliphatic carbocycles. The van der Waals surface area contributed by atoms with Crippen molar-refractivity contribution in [3.63, 3.8) is 0 Å². The number of benzene rings is 1. The molecular weight excluding hydrogens is 345 g/mol. The number of nitrogens with zero attached hydrogens (tertiary/aromatic N) is 3. The summed E-state index contributed by atoms with van der Waals surface area (Å²) in [7, 11) is 0.823. The van der Waals surface area contributed by atoms with Gasteiger partial charge in [-0.05, 0) is 30.5 Å². The number of halogens is 1. The van der Waals surface area contributed by atoms with E-state index in [-0.39, 0.29) is 16.3 Å². The van der Waals surface area contributed by atoms with Crippen LogP contribution in [0.4, 0.5) is 10.1 Å². The predicted octanol–water partition coefficient (Wildman–Crippen LogP) is 2.01. The Hall–Kier alpha value is -2.19. The van der Waals surface area contributed by atoms with Crippen LogP contribution in [0.2, 0.25) is 0 Å². The Morgan fingerprint density at radius 1 is 1.28 bits per heavy atom. The average molecular weight is 365 g/mol. The van der Waals surface area contributed by atoms with Gasteiger partial charge in [-0.15, -0.1) is 0 Å². The maximum Gasteiger partial charge on any atom is 0.275 e. The van der Waals surface area contributed by atoms with Crippen molar-refractivity contribution < 1.29 is 17.6 Å². The highest BCUT2D eigenvalue weighted by molar-refractivity contribution is 7.89. The predicted molar refractivity (Wildman–Crippen MR) is 92.7 cm³/mol. The van der Waals surface area contributed by atoms with E-state index in [1.807, 2.05) is 6.07 Å². The van der Waals surface area contributed by atoms with E-state index >= 15 is 0 Å². The van der Waals surface area contributed by atoms with Crippen LogP contribution in [0.15, 0.2) is 35.4 Å². The fourth-order valence-electron chi connectivity index (χ4n) is 3.04. The lowest BCUT2D eigenvalue weighted by molar-refractivity contribution is 0.0976. The number of fused-ring (bicyclic) bond motifs is 1. The number of anilines is 1. The van der Waals surface area contributed by atoms with Crippen LogP contribution in [-0.2, 0) is 23.5 Å². The smallest absolute Gasteiger partial charge is 0.275 e. The first-order valence-electron chi connectivity index (χ1n) is 7.91. The van der Waals surface area contributed by atoms with Gasteiger partial charge in [0, 0.05) is 33.9 Å². The molecule has 25 heavy (non-hydrogen) atoms. The molecule has 0 N–H and O–H groups in total. The molecule has 2 heterocycles. The molecule has 0 radical (unpaired) electrons. The molecule has 0 fully saturated rings. The molecule has 0 saturated heterocycles. The highest BCUT2D eigenvalue weighted by atomic mass is 32.2. The van der Waals surface area contributed by atoms with Gasteiger partial charge in [-0.2, -0.15) is 0 Å². The number of carbonyl (C=O) groups is 1. The fraction of sp³-hybridized carbons (Fsp3) is 0.353. The fourth-order valence-corrected chi connectivity index (χ4v) is 4.02. The Bertz CT molecular complexity index is 935. The van der Waals surface area contributed by atoms with E-state index in [9.17, 15) is 17.6 Å². The van der Waals surface area contributed by atoms with Crippen LogP contribution >= 0.6 is 0 Å². The van der Waals surface area contributed by atoms with Gasteiger partial charge in [-0.3, -0.25) is 4.79 Å². The summed E-state index contributed by atoms with van der Waals surface area (Å²) in [5, 5.41) is 0. The van der Waals surface area contributed by atoms with Crippen LogP contribution in [0.25, 0.3) is 0 Å². The van der Waals surface area contributed by atoms with Crippen molar-refractivity contribution in [2.24, 2.45) is 7.05 Å². The maximum absolute atomic E-state index is 14.3. The molecule has 1 amide bonds. The van der Waals surface area contributed by atoms with Gasteiger partial charge in [0.05, 0.1) is 5.69 Å². The van der Waals surface area contributed by atoms with Gasteiger partial charge in [-0.25, -0.2) is 17.1 Å². The van der Waals surface area contributed by atoms with Crippen LogP contribution in [0.3, 0.4) is 0 Å². The third-order valence-corrected chi connectivity index (χ3v) is 6.17. The number of rotatable bonds is 3. The summed E-state index contributed by atoms with van der Waals surface area (Å²) in [4.78, 5) is 14.4. The van der Waals surface area contributed by atoms with Crippen LogP contribution < -0.4 is 4.90 Å². The first-order chi connectivity index (χ1) is 11.7. The summed E-state index contributed by atoms with van der Waals surface area (Å²) < 4.78 is 41.4. The number of hydrogen-bond acceptors (Lipinski definition) is 3. The lowest BCUT2D eigenvalue weighted by Crippen LogP contribution is -2.37. The van der Waals surface area contributed by atoms with Crippen molar-refractivity contribution in [2.45, 2.75) is 17.7 Å². The van der Waals surface area contributed by atoms with Gasteiger partial charge in [0.2, 0.25) is 10.0 Å². The largest absolute Gasteiger partial charge is 0.345 e. The Labute approximate surface area is 146 Å². The summed E-state index contributed by atoms with van der Waals surface area (Å²) in [5.74, 6) is -0.852.